The minimum atomic E-state index is -2.29. The van der Waals surface area contributed by atoms with E-state index in [9.17, 15) is 9.59 Å². The Morgan fingerprint density at radius 3 is 2.57 bits per heavy atom. The highest BCUT2D eigenvalue weighted by Gasteiger charge is 2.39. The van der Waals surface area contributed by atoms with Crippen LogP contribution in [0.25, 0.3) is 11.3 Å². The molecule has 0 saturated carbocycles. The van der Waals surface area contributed by atoms with Crippen molar-refractivity contribution >= 4 is 28.7 Å². The average Bonchev–Trinajstić information content (AvgIpc) is 3.19. The van der Waals surface area contributed by atoms with Gasteiger partial charge in [-0.05, 0) is 56.0 Å². The minimum absolute atomic E-state index is 0.0115. The third kappa shape index (κ3) is 8.03. The van der Waals surface area contributed by atoms with Crippen LogP contribution in [0, 0.1) is 0 Å². The first-order valence-electron chi connectivity index (χ1n) is 13.1. The van der Waals surface area contributed by atoms with Gasteiger partial charge in [0.1, 0.15) is 5.82 Å². The summed E-state index contributed by atoms with van der Waals surface area (Å²) < 4.78 is 6.63. The first kappa shape index (κ1) is 29.1. The van der Waals surface area contributed by atoms with Crippen LogP contribution in [0.15, 0.2) is 35.5 Å². The molecule has 2 aromatic rings. The molecule has 1 amide bonds. The Morgan fingerprint density at radius 2 is 2.00 bits per heavy atom. The van der Waals surface area contributed by atoms with E-state index in [0.29, 0.717) is 19.5 Å². The molecule has 2 heterocycles. The van der Waals surface area contributed by atoms with Gasteiger partial charge in [-0.25, -0.2) is 4.98 Å². The van der Waals surface area contributed by atoms with Crippen LogP contribution in [-0.2, 0) is 22.9 Å². The molecule has 0 spiro atoms. The van der Waals surface area contributed by atoms with Crippen LogP contribution in [0.1, 0.15) is 50.9 Å². The summed E-state index contributed by atoms with van der Waals surface area (Å²) in [6, 6.07) is 8.11. The second-order valence-corrected chi connectivity index (χ2v) is 16.0. The van der Waals surface area contributed by atoms with E-state index in [1.165, 1.54) is 6.40 Å². The van der Waals surface area contributed by atoms with E-state index < -0.39 is 8.32 Å². The number of nitrogens with zero attached hydrogens (tertiary/aromatic N) is 4. The second-order valence-electron chi connectivity index (χ2n) is 11.5. The van der Waals surface area contributed by atoms with E-state index in [-0.39, 0.29) is 22.9 Å². The number of benzene rings is 1. The Morgan fingerprint density at radius 1 is 1.32 bits per heavy atom. The molecule has 0 aliphatic carbocycles. The highest BCUT2D eigenvalue weighted by molar-refractivity contribution is 6.72. The lowest BCUT2D eigenvalue weighted by atomic mass is 9.97. The summed E-state index contributed by atoms with van der Waals surface area (Å²) >= 11 is 0. The van der Waals surface area contributed by atoms with Gasteiger partial charge in [0.25, 0.3) is 0 Å². The molecule has 10 heteroatoms. The van der Waals surface area contributed by atoms with Gasteiger partial charge in [-0.3, -0.25) is 14.7 Å². The Hall–Kier alpha value is -2.43. The number of aliphatic imine (C=N–C) groups is 1. The van der Waals surface area contributed by atoms with Gasteiger partial charge < -0.3 is 19.3 Å². The van der Waals surface area contributed by atoms with Crippen LogP contribution in [0.2, 0.25) is 18.1 Å². The van der Waals surface area contributed by atoms with Gasteiger partial charge in [0.2, 0.25) is 5.91 Å². The maximum atomic E-state index is 12.2. The number of aromatic nitrogens is 2. The van der Waals surface area contributed by atoms with Crippen molar-refractivity contribution in [2.24, 2.45) is 12.0 Å². The number of amides is 1. The third-order valence-electron chi connectivity index (χ3n) is 7.73. The summed E-state index contributed by atoms with van der Waals surface area (Å²) in [5, 5.41) is 2.87. The summed E-state index contributed by atoms with van der Waals surface area (Å²) in [7, 11) is 4.87. The topological polar surface area (TPSA) is 92.0 Å². The van der Waals surface area contributed by atoms with Gasteiger partial charge in [0, 0.05) is 31.3 Å². The lowest BCUT2D eigenvalue weighted by molar-refractivity contribution is -0.123. The Labute approximate surface area is 224 Å². The average molecular weight is 524 g/mol. The summed E-state index contributed by atoms with van der Waals surface area (Å²) in [4.78, 5) is 34.3. The van der Waals surface area contributed by atoms with Gasteiger partial charge in [0.15, 0.2) is 14.7 Å². The quantitative estimate of drug-likeness (QED) is 0.239. The first-order valence-corrected chi connectivity index (χ1v) is 16.1. The van der Waals surface area contributed by atoms with Crippen LogP contribution in [-0.4, -0.2) is 80.1 Å². The number of carbonyl (C=O) groups excluding carboxylic acids is 1. The Balaban J connectivity index is 1.64. The zero-order valence-electron chi connectivity index (χ0n) is 23.2. The van der Waals surface area contributed by atoms with Crippen LogP contribution in [0.5, 0.6) is 0 Å². The van der Waals surface area contributed by atoms with Gasteiger partial charge >= 0.3 is 8.05 Å². The number of aryl methyl sites for hydroxylation is 1. The molecule has 1 aromatic carbocycles. The predicted molar refractivity (Wildman–Crippen MR) is 152 cm³/mol. The molecule has 8 nitrogen and oxygen atoms in total. The lowest BCUT2D eigenvalue weighted by Crippen LogP contribution is -2.45. The summed E-state index contributed by atoms with van der Waals surface area (Å²) in [5.74, 6) is 1.26. The first-order chi connectivity index (χ1) is 17.4. The van der Waals surface area contributed by atoms with Gasteiger partial charge in [-0.15, -0.1) is 0 Å². The third-order valence-corrected chi connectivity index (χ3v) is 11.2. The van der Waals surface area contributed by atoms with Crippen molar-refractivity contribution in [3.8, 4) is 11.3 Å². The summed E-state index contributed by atoms with van der Waals surface area (Å²) in [6.07, 6.45) is 5.97. The fraction of sp³-hybridized carbons (Fsp3) is 0.593. The maximum absolute atomic E-state index is 12.2. The molecule has 2 unspecified atom stereocenters. The molecule has 2 N–H and O–H groups in total. The predicted octanol–water partition coefficient (Wildman–Crippen LogP) is 3.42. The molecular formula is C27H42BN5O3Si. The van der Waals surface area contributed by atoms with Gasteiger partial charge in [0.05, 0.1) is 18.3 Å². The second kappa shape index (κ2) is 12.4. The van der Waals surface area contributed by atoms with E-state index in [0.717, 1.165) is 48.6 Å². The fourth-order valence-electron chi connectivity index (χ4n) is 4.60. The van der Waals surface area contributed by atoms with E-state index in [1.54, 1.807) is 0 Å². The maximum Gasteiger partial charge on any atom is 0.375 e. The molecule has 37 heavy (non-hydrogen) atoms. The number of nitrogens with one attached hydrogen (secondary N) is 1. The molecule has 1 fully saturated rings. The number of imidazole rings is 1. The number of likely N-dealkylation sites (tertiary alicyclic amines) is 1. The molecule has 3 rings (SSSR count). The van der Waals surface area contributed by atoms with Crippen molar-refractivity contribution in [3.63, 3.8) is 0 Å². The molecule has 0 bridgehead atoms. The summed E-state index contributed by atoms with van der Waals surface area (Å²) in [5.41, 5.74) is 3.07. The Kier molecular flexibility index (Phi) is 9.77. The Bertz CT molecular complexity index is 1060. The highest BCUT2D eigenvalue weighted by atomic mass is 28.4. The van der Waals surface area contributed by atoms with Crippen LogP contribution in [0.3, 0.4) is 0 Å². The van der Waals surface area contributed by atoms with Gasteiger partial charge in [-0.2, -0.15) is 0 Å². The molecule has 1 aliphatic rings. The molecule has 1 aliphatic heterocycles. The monoisotopic (exact) mass is 523 g/mol. The van der Waals surface area contributed by atoms with Gasteiger partial charge in [-0.1, -0.05) is 45.0 Å². The van der Waals surface area contributed by atoms with E-state index in [2.05, 4.69) is 75.7 Å². The minimum Gasteiger partial charge on any atom is -0.560 e. The fourth-order valence-corrected chi connectivity index (χ4v) is 5.40. The van der Waals surface area contributed by atoms with E-state index in [4.69, 9.17) is 13.0 Å². The van der Waals surface area contributed by atoms with Crippen LogP contribution in [0.4, 0.5) is 0 Å². The zero-order chi connectivity index (χ0) is 27.2. The van der Waals surface area contributed by atoms with Crippen LogP contribution < -0.4 is 5.32 Å². The summed E-state index contributed by atoms with van der Waals surface area (Å²) in [6.45, 7) is 13.3. The largest absolute Gasteiger partial charge is 0.560 e. The molecule has 2 radical (unpaired) electrons. The van der Waals surface area contributed by atoms with E-state index in [1.807, 2.05) is 20.1 Å². The number of rotatable bonds is 13. The van der Waals surface area contributed by atoms with E-state index >= 15 is 0 Å². The van der Waals surface area contributed by atoms with Crippen molar-refractivity contribution in [2.75, 3.05) is 26.2 Å². The van der Waals surface area contributed by atoms with Crippen molar-refractivity contribution in [2.45, 2.75) is 70.1 Å². The number of hydrogen-bond acceptors (Lipinski definition) is 6. The molecule has 200 valence electrons. The molecule has 1 saturated heterocycles. The van der Waals surface area contributed by atoms with Crippen molar-refractivity contribution in [1.29, 1.82) is 0 Å². The SMILES string of the molecule is [B]OC=NC(CNC(=O)CN1CCC1)Cc1ccc(-c2cn(C)c(C(C)CC(C)(C)[Si](C)(C)O)n2)cc1. The van der Waals surface area contributed by atoms with Crippen molar-refractivity contribution in [1.82, 2.24) is 19.8 Å². The highest BCUT2D eigenvalue weighted by Crippen LogP contribution is 2.43. The molecule has 2 atom stereocenters. The zero-order valence-corrected chi connectivity index (χ0v) is 24.2. The standard InChI is InChI=1S/C27H42BN5O3Si/c1-20(15-27(2,3)37(5,6)35)26-31-24(17-32(26)4)22-10-8-21(9-11-22)14-23(30-19-36-28)16-29-25(34)18-33-12-7-13-33/h8-11,17,19-20,23,35H,7,12-16,18H2,1-6H3,(H,29,34). The smallest absolute Gasteiger partial charge is 0.375 e. The number of hydrogen-bond donors (Lipinski definition) is 2. The normalized spacial score (nSPS) is 16.4. The number of carbonyl (C=O) groups is 1. The lowest BCUT2D eigenvalue weighted by Gasteiger charge is -2.36. The molecular weight excluding hydrogens is 481 g/mol. The van der Waals surface area contributed by atoms with Crippen LogP contribution >= 0.6 is 0 Å². The molecule has 1 aromatic heterocycles. The van der Waals surface area contributed by atoms with Crippen molar-refractivity contribution in [3.05, 3.63) is 41.9 Å². The van der Waals surface area contributed by atoms with Crippen molar-refractivity contribution < 1.29 is 14.2 Å².